The topological polar surface area (TPSA) is 90.3 Å². The van der Waals surface area contributed by atoms with Gasteiger partial charge in [0.05, 0.1) is 16.7 Å². The van der Waals surface area contributed by atoms with Crippen molar-refractivity contribution in [2.75, 3.05) is 13.6 Å². The number of carbonyl (C=O) groups excluding carboxylic acids is 1. The summed E-state index contributed by atoms with van der Waals surface area (Å²) in [6, 6.07) is 5.97. The maximum absolute atomic E-state index is 12.9. The number of sulfonamides is 1. The number of carbonyl (C=O) groups is 1. The number of amides is 1. The Kier molecular flexibility index (Phi) is 4.56. The van der Waals surface area contributed by atoms with Crippen molar-refractivity contribution in [1.29, 1.82) is 5.26 Å². The van der Waals surface area contributed by atoms with Crippen molar-refractivity contribution in [2.45, 2.75) is 30.2 Å². The maximum Gasteiger partial charge on any atom is 0.244 e. The van der Waals surface area contributed by atoms with E-state index in [0.29, 0.717) is 30.9 Å². The molecule has 6 nitrogen and oxygen atoms in total. The van der Waals surface area contributed by atoms with Crippen LogP contribution in [0.1, 0.15) is 24.8 Å². The molecule has 2 fully saturated rings. The van der Waals surface area contributed by atoms with Gasteiger partial charge in [-0.1, -0.05) is 11.6 Å². The van der Waals surface area contributed by atoms with E-state index in [0.717, 1.165) is 6.42 Å². The number of hydrogen-bond donors (Lipinski definition) is 1. The summed E-state index contributed by atoms with van der Waals surface area (Å²) in [5.74, 6) is 0.595. The van der Waals surface area contributed by atoms with Crippen LogP contribution in [0, 0.1) is 23.2 Å². The third-order valence-corrected chi connectivity index (χ3v) is 7.45. The SMILES string of the molecule is CN([C@H]1C[C@H]2CC(=O)NC[C@H]2C1)S(=O)(=O)c1ccc(C#N)cc1Cl. The molecule has 24 heavy (non-hydrogen) atoms. The van der Waals surface area contributed by atoms with Gasteiger partial charge in [-0.05, 0) is 42.9 Å². The van der Waals surface area contributed by atoms with E-state index >= 15 is 0 Å². The fourth-order valence-electron chi connectivity index (χ4n) is 3.66. The second kappa shape index (κ2) is 6.36. The Morgan fingerprint density at radius 1 is 1.33 bits per heavy atom. The Bertz CT molecular complexity index is 818. The zero-order valence-corrected chi connectivity index (χ0v) is 14.8. The molecule has 0 spiro atoms. The van der Waals surface area contributed by atoms with Crippen molar-refractivity contribution in [3.8, 4) is 6.07 Å². The number of halogens is 1. The quantitative estimate of drug-likeness (QED) is 0.881. The first-order chi connectivity index (χ1) is 11.3. The van der Waals surface area contributed by atoms with Gasteiger partial charge in [0.1, 0.15) is 4.90 Å². The van der Waals surface area contributed by atoms with Crippen LogP contribution >= 0.6 is 11.6 Å². The molecule has 0 aromatic heterocycles. The average molecular weight is 368 g/mol. The van der Waals surface area contributed by atoms with Crippen molar-refractivity contribution in [3.63, 3.8) is 0 Å². The van der Waals surface area contributed by atoms with Gasteiger partial charge in [0.25, 0.3) is 0 Å². The number of nitrogens with zero attached hydrogens (tertiary/aromatic N) is 2. The molecule has 1 amide bonds. The van der Waals surface area contributed by atoms with Crippen molar-refractivity contribution in [2.24, 2.45) is 11.8 Å². The molecule has 1 aromatic rings. The smallest absolute Gasteiger partial charge is 0.244 e. The lowest BCUT2D eigenvalue weighted by Gasteiger charge is -2.24. The zero-order valence-electron chi connectivity index (χ0n) is 13.2. The van der Waals surface area contributed by atoms with Crippen LogP contribution in [-0.2, 0) is 14.8 Å². The monoisotopic (exact) mass is 367 g/mol. The highest BCUT2D eigenvalue weighted by Gasteiger charge is 2.42. The third-order valence-electron chi connectivity index (χ3n) is 5.06. The van der Waals surface area contributed by atoms with Crippen LogP contribution in [0.3, 0.4) is 0 Å². The van der Waals surface area contributed by atoms with E-state index in [1.165, 1.54) is 22.5 Å². The number of nitriles is 1. The molecule has 1 aromatic carbocycles. The van der Waals surface area contributed by atoms with E-state index in [-0.39, 0.29) is 27.8 Å². The lowest BCUT2D eigenvalue weighted by atomic mass is 9.89. The van der Waals surface area contributed by atoms with Crippen LogP contribution in [0.4, 0.5) is 0 Å². The largest absolute Gasteiger partial charge is 0.356 e. The van der Waals surface area contributed by atoms with Gasteiger partial charge < -0.3 is 5.32 Å². The Morgan fingerprint density at radius 3 is 2.71 bits per heavy atom. The van der Waals surface area contributed by atoms with Gasteiger partial charge in [-0.15, -0.1) is 0 Å². The van der Waals surface area contributed by atoms with Gasteiger partial charge in [0, 0.05) is 26.1 Å². The first kappa shape index (κ1) is 17.2. The van der Waals surface area contributed by atoms with E-state index in [4.69, 9.17) is 16.9 Å². The predicted molar refractivity (Wildman–Crippen MR) is 88.7 cm³/mol. The highest BCUT2D eigenvalue weighted by molar-refractivity contribution is 7.89. The standard InChI is InChI=1S/C16H18ClN3O3S/c1-20(13-5-11-7-16(21)19-9-12(11)6-13)24(22,23)15-3-2-10(8-18)4-14(15)17/h2-4,11-13H,5-7,9H2,1H3,(H,19,21)/t11-,12+,13-/m0/s1. The van der Waals surface area contributed by atoms with Crippen molar-refractivity contribution in [3.05, 3.63) is 28.8 Å². The number of fused-ring (bicyclic) bond motifs is 1. The fourth-order valence-corrected chi connectivity index (χ4v) is 5.56. The second-order valence-corrected chi connectivity index (χ2v) is 8.80. The summed E-state index contributed by atoms with van der Waals surface area (Å²) in [6.45, 7) is 0.617. The highest BCUT2D eigenvalue weighted by Crippen LogP contribution is 2.40. The summed E-state index contributed by atoms with van der Waals surface area (Å²) in [6.07, 6.45) is 1.88. The molecule has 8 heteroatoms. The normalized spacial score (nSPS) is 26.8. The summed E-state index contributed by atoms with van der Waals surface area (Å²) in [7, 11) is -2.19. The van der Waals surface area contributed by atoms with Gasteiger partial charge in [-0.3, -0.25) is 4.79 Å². The van der Waals surface area contributed by atoms with Gasteiger partial charge >= 0.3 is 0 Å². The van der Waals surface area contributed by atoms with Crippen LogP contribution in [0.15, 0.2) is 23.1 Å². The molecule has 1 heterocycles. The average Bonchev–Trinajstić information content (AvgIpc) is 2.96. The molecule has 2 aliphatic rings. The van der Waals surface area contributed by atoms with E-state index in [9.17, 15) is 13.2 Å². The number of rotatable bonds is 3. The van der Waals surface area contributed by atoms with Crippen molar-refractivity contribution < 1.29 is 13.2 Å². The van der Waals surface area contributed by atoms with Crippen LogP contribution in [0.5, 0.6) is 0 Å². The van der Waals surface area contributed by atoms with Crippen LogP contribution in [0.2, 0.25) is 5.02 Å². The number of hydrogen-bond acceptors (Lipinski definition) is 4. The summed E-state index contributed by atoms with van der Waals surface area (Å²) >= 11 is 6.07. The summed E-state index contributed by atoms with van der Waals surface area (Å²) in [4.78, 5) is 11.5. The molecule has 0 unspecified atom stereocenters. The molecule has 128 valence electrons. The maximum atomic E-state index is 12.9. The lowest BCUT2D eigenvalue weighted by molar-refractivity contribution is -0.124. The van der Waals surface area contributed by atoms with Gasteiger partial charge in [0.2, 0.25) is 15.9 Å². The molecule has 1 aliphatic carbocycles. The Labute approximate surface area is 146 Å². The Balaban J connectivity index is 1.83. The Morgan fingerprint density at radius 2 is 2.04 bits per heavy atom. The lowest BCUT2D eigenvalue weighted by Crippen LogP contribution is -2.38. The molecular formula is C16H18ClN3O3S. The minimum absolute atomic E-state index is 0.00902. The third kappa shape index (κ3) is 3.02. The number of piperidine rings is 1. The number of benzene rings is 1. The highest BCUT2D eigenvalue weighted by atomic mass is 35.5. The van der Waals surface area contributed by atoms with Crippen LogP contribution in [0.25, 0.3) is 0 Å². The second-order valence-electron chi connectivity index (χ2n) is 6.43. The predicted octanol–water partition coefficient (Wildman–Crippen LogP) is 1.75. The van der Waals surface area contributed by atoms with Crippen LogP contribution in [-0.4, -0.2) is 38.3 Å². The first-order valence-corrected chi connectivity index (χ1v) is 9.59. The molecule has 3 atom stereocenters. The van der Waals surface area contributed by atoms with E-state index in [1.807, 2.05) is 6.07 Å². The zero-order chi connectivity index (χ0) is 17.5. The Hall–Kier alpha value is -1.62. The van der Waals surface area contributed by atoms with Crippen molar-refractivity contribution in [1.82, 2.24) is 9.62 Å². The summed E-state index contributed by atoms with van der Waals surface area (Å²) in [5.41, 5.74) is 0.318. The molecule has 1 N–H and O–H groups in total. The van der Waals surface area contributed by atoms with Gasteiger partial charge in [0.15, 0.2) is 0 Å². The van der Waals surface area contributed by atoms with E-state index in [2.05, 4.69) is 5.32 Å². The summed E-state index contributed by atoms with van der Waals surface area (Å²) in [5, 5.41) is 11.8. The van der Waals surface area contributed by atoms with Crippen molar-refractivity contribution >= 4 is 27.5 Å². The van der Waals surface area contributed by atoms with Gasteiger partial charge in [-0.25, -0.2) is 8.42 Å². The van der Waals surface area contributed by atoms with Gasteiger partial charge in [-0.2, -0.15) is 9.57 Å². The molecule has 3 rings (SSSR count). The minimum Gasteiger partial charge on any atom is -0.356 e. The molecule has 1 saturated carbocycles. The molecule has 1 saturated heterocycles. The molecule has 1 aliphatic heterocycles. The first-order valence-electron chi connectivity index (χ1n) is 7.77. The molecular weight excluding hydrogens is 350 g/mol. The fraction of sp³-hybridized carbons (Fsp3) is 0.500. The number of nitrogens with one attached hydrogen (secondary N) is 1. The summed E-state index contributed by atoms with van der Waals surface area (Å²) < 4.78 is 27.1. The molecule has 0 radical (unpaired) electrons. The van der Waals surface area contributed by atoms with E-state index in [1.54, 1.807) is 7.05 Å². The molecule has 0 bridgehead atoms. The minimum atomic E-state index is -3.75. The van der Waals surface area contributed by atoms with Crippen LogP contribution < -0.4 is 5.32 Å². The van der Waals surface area contributed by atoms with E-state index < -0.39 is 10.0 Å².